The van der Waals surface area contributed by atoms with Crippen molar-refractivity contribution in [2.24, 2.45) is 0 Å². The van der Waals surface area contributed by atoms with Crippen molar-refractivity contribution in [1.82, 2.24) is 0 Å². The van der Waals surface area contributed by atoms with Crippen LogP contribution in [0.2, 0.25) is 0 Å². The van der Waals surface area contributed by atoms with E-state index in [9.17, 15) is 0 Å². The minimum absolute atomic E-state index is 0. The minimum atomic E-state index is -4.64. The average Bonchev–Trinajstić information content (AvgIpc) is 0.722. The standard InChI is InChI=1S/2Li.Mn.H3O4P.V.2H/c;;;1-5(2,3)4;;;/h;;;(H3,1,2,3,4);;;. The summed E-state index contributed by atoms with van der Waals surface area (Å²) >= 11 is 0. The Morgan fingerprint density at radius 2 is 1.00 bits per heavy atom. The van der Waals surface area contributed by atoms with Gasteiger partial charge in [-0.05, 0) is 0 Å². The van der Waals surface area contributed by atoms with Crippen LogP contribution in [0.1, 0.15) is 0 Å². The molecule has 0 atom stereocenters. The van der Waals surface area contributed by atoms with Gasteiger partial charge in [-0.25, -0.2) is 4.57 Å². The predicted octanol–water partition coefficient (Wildman–Crippen LogP) is -2.23. The Morgan fingerprint density at radius 1 is 1.00 bits per heavy atom. The minimum Gasteiger partial charge on any atom is 0 e. The zero-order valence-corrected chi connectivity index (χ0v) is 6.49. The van der Waals surface area contributed by atoms with E-state index < -0.39 is 7.82 Å². The summed E-state index contributed by atoms with van der Waals surface area (Å²) in [6, 6.07) is 0. The third kappa shape index (κ3) is 127. The fourth-order valence-electron chi connectivity index (χ4n) is 0. The first kappa shape index (κ1) is 30.1. The molecule has 0 aliphatic rings. The third-order valence-corrected chi connectivity index (χ3v) is 0. The number of hydrogen-bond donors (Lipinski definition) is 3. The molecular weight excluding hydrogens is 215 g/mol. The van der Waals surface area contributed by atoms with E-state index in [0.717, 1.165) is 0 Å². The van der Waals surface area contributed by atoms with Crippen LogP contribution in [-0.2, 0) is 40.2 Å². The maximum absolute atomic E-state index is 8.88. The van der Waals surface area contributed by atoms with Gasteiger partial charge < -0.3 is 14.7 Å². The van der Waals surface area contributed by atoms with Crippen LogP contribution in [0.4, 0.5) is 0 Å². The molecule has 0 aromatic heterocycles. The van der Waals surface area contributed by atoms with Crippen molar-refractivity contribution in [3.8, 4) is 0 Å². The van der Waals surface area contributed by atoms with E-state index in [2.05, 4.69) is 0 Å². The van der Waals surface area contributed by atoms with Crippen molar-refractivity contribution >= 4 is 45.5 Å². The molecule has 2 radical (unpaired) electrons. The Balaban J connectivity index is -0.0000000133. The van der Waals surface area contributed by atoms with E-state index in [1.54, 1.807) is 0 Å². The molecule has 0 aromatic carbocycles. The first-order valence-electron chi connectivity index (χ1n) is 0.783. The van der Waals surface area contributed by atoms with Crippen LogP contribution in [0.15, 0.2) is 0 Å². The van der Waals surface area contributed by atoms with Gasteiger partial charge in [0.2, 0.25) is 0 Å². The van der Waals surface area contributed by atoms with Crippen LogP contribution in [0.25, 0.3) is 0 Å². The van der Waals surface area contributed by atoms with E-state index in [4.69, 9.17) is 19.2 Å². The van der Waals surface area contributed by atoms with E-state index in [1.807, 2.05) is 0 Å². The Hall–Kier alpha value is 2.41. The molecule has 0 spiro atoms. The van der Waals surface area contributed by atoms with Crippen molar-refractivity contribution in [1.29, 1.82) is 0 Å². The Kier molecular flexibility index (Phi) is 43.6. The molecule has 4 nitrogen and oxygen atoms in total. The van der Waals surface area contributed by atoms with Gasteiger partial charge in [-0.2, -0.15) is 0 Å². The van der Waals surface area contributed by atoms with Crippen molar-refractivity contribution < 1.29 is 54.9 Å². The second-order valence-electron chi connectivity index (χ2n) is 0.513. The summed E-state index contributed by atoms with van der Waals surface area (Å²) < 4.78 is 8.88. The Labute approximate surface area is 99.5 Å². The number of rotatable bonds is 0. The van der Waals surface area contributed by atoms with Crippen LogP contribution >= 0.6 is 7.82 Å². The number of hydrogen-bond acceptors (Lipinski definition) is 1. The van der Waals surface area contributed by atoms with Crippen molar-refractivity contribution in [2.45, 2.75) is 0 Å². The smallest absolute Gasteiger partial charge is 0 e. The summed E-state index contributed by atoms with van der Waals surface area (Å²) in [5.74, 6) is 0. The van der Waals surface area contributed by atoms with E-state index in [-0.39, 0.29) is 73.3 Å². The van der Waals surface area contributed by atoms with Gasteiger partial charge in [-0.1, -0.05) is 0 Å². The number of phosphoric acid groups is 1. The van der Waals surface area contributed by atoms with Gasteiger partial charge in [-0.3, -0.25) is 0 Å². The second-order valence-corrected chi connectivity index (χ2v) is 1.54. The SMILES string of the molecule is O=P(O)(O)O.[LiH].[LiH].[Mn].[V]. The molecule has 0 rings (SSSR count). The molecule has 0 aliphatic carbocycles. The summed E-state index contributed by atoms with van der Waals surface area (Å²) in [6.07, 6.45) is 0. The molecule has 0 heterocycles. The van der Waals surface area contributed by atoms with Crippen LogP contribution in [0.5, 0.6) is 0 Å². The molecule has 9 heteroatoms. The normalized spacial score (nSPS) is 6.56. The predicted molar refractivity (Wildman–Crippen MR) is 28.6 cm³/mol. The fourth-order valence-corrected chi connectivity index (χ4v) is 0. The summed E-state index contributed by atoms with van der Waals surface area (Å²) in [6.45, 7) is 0. The summed E-state index contributed by atoms with van der Waals surface area (Å²) in [5.41, 5.74) is 0. The van der Waals surface area contributed by atoms with Crippen molar-refractivity contribution in [3.05, 3.63) is 0 Å². The molecule has 0 amide bonds. The van der Waals surface area contributed by atoms with Crippen LogP contribution in [0.3, 0.4) is 0 Å². The molecule has 3 N–H and O–H groups in total. The summed E-state index contributed by atoms with van der Waals surface area (Å²) in [7, 11) is -4.64. The quantitative estimate of drug-likeness (QED) is 0.318. The Bertz CT molecular complexity index is 64.7. The molecule has 0 saturated carbocycles. The third-order valence-electron chi connectivity index (χ3n) is 0. The van der Waals surface area contributed by atoms with Gasteiger partial charge in [0.25, 0.3) is 0 Å². The largest absolute Gasteiger partial charge is 0 e. The molecule has 0 aliphatic heterocycles. The van der Waals surface area contributed by atoms with Gasteiger partial charge in [0.15, 0.2) is 0 Å². The zero-order chi connectivity index (χ0) is 4.50. The first-order chi connectivity index (χ1) is 2.00. The summed E-state index contributed by atoms with van der Waals surface area (Å²) in [5, 5.41) is 0. The van der Waals surface area contributed by atoms with Crippen LogP contribution < -0.4 is 0 Å². The van der Waals surface area contributed by atoms with Crippen LogP contribution in [0, 0.1) is 0 Å². The average molecular weight is 220 g/mol. The van der Waals surface area contributed by atoms with Gasteiger partial charge in [-0.15, -0.1) is 0 Å². The zero-order valence-electron chi connectivity index (χ0n) is 3.02. The van der Waals surface area contributed by atoms with Crippen molar-refractivity contribution in [3.63, 3.8) is 0 Å². The molecule has 0 saturated heterocycles. The molecule has 0 unspecified atom stereocenters. The molecule has 0 fully saturated rings. The van der Waals surface area contributed by atoms with Gasteiger partial charge in [0, 0.05) is 35.6 Å². The topological polar surface area (TPSA) is 77.8 Å². The molecule has 48 valence electrons. The van der Waals surface area contributed by atoms with Gasteiger partial charge in [0.1, 0.15) is 0 Å². The van der Waals surface area contributed by atoms with Gasteiger partial charge >= 0.3 is 45.5 Å². The van der Waals surface area contributed by atoms with Crippen LogP contribution in [-0.4, -0.2) is 52.4 Å². The summed E-state index contributed by atoms with van der Waals surface area (Å²) in [4.78, 5) is 21.6. The maximum atomic E-state index is 8.88. The monoisotopic (exact) mass is 220 g/mol. The second kappa shape index (κ2) is 13.0. The van der Waals surface area contributed by atoms with E-state index in [1.165, 1.54) is 0 Å². The van der Waals surface area contributed by atoms with Gasteiger partial charge in [0.05, 0.1) is 0 Å². The molecule has 0 aromatic rings. The van der Waals surface area contributed by atoms with E-state index in [0.29, 0.717) is 0 Å². The molecular formula is H5Li2MnO4PV. The fraction of sp³-hybridized carbons (Fsp3) is 0. The first-order valence-corrected chi connectivity index (χ1v) is 2.35. The molecule has 0 bridgehead atoms. The van der Waals surface area contributed by atoms with Crippen molar-refractivity contribution in [2.75, 3.05) is 0 Å². The maximum Gasteiger partial charge on any atom is 0 e. The van der Waals surface area contributed by atoms with E-state index >= 15 is 0 Å². The Morgan fingerprint density at radius 3 is 1.00 bits per heavy atom. The molecule has 9 heavy (non-hydrogen) atoms.